The van der Waals surface area contributed by atoms with Crippen molar-refractivity contribution in [3.8, 4) is 67.7 Å². The maximum atomic E-state index is 5.46. The van der Waals surface area contributed by atoms with Gasteiger partial charge >= 0.3 is 0 Å². The zero-order valence-corrected chi connectivity index (χ0v) is 28.6. The van der Waals surface area contributed by atoms with E-state index < -0.39 is 0 Å². The predicted molar refractivity (Wildman–Crippen MR) is 216 cm³/mol. The van der Waals surface area contributed by atoms with E-state index in [1.165, 1.54) is 0 Å². The number of hydrogen-bond donors (Lipinski definition) is 0. The van der Waals surface area contributed by atoms with Crippen LogP contribution in [0, 0.1) is 0 Å². The lowest BCUT2D eigenvalue weighted by molar-refractivity contribution is 1.18. The Balaban J connectivity index is 1.18. The summed E-state index contributed by atoms with van der Waals surface area (Å²) in [5.74, 6) is 0.697. The van der Waals surface area contributed by atoms with Gasteiger partial charge in [0.25, 0.3) is 0 Å². The van der Waals surface area contributed by atoms with Crippen LogP contribution in [-0.4, -0.2) is 24.3 Å². The average Bonchev–Trinajstić information content (AvgIpc) is 3.64. The number of rotatable bonds is 6. The molecule has 0 aliphatic heterocycles. The molecule has 6 aromatic carbocycles. The van der Waals surface area contributed by atoms with Crippen LogP contribution in [0.4, 0.5) is 0 Å². The van der Waals surface area contributed by atoms with Gasteiger partial charge in [0, 0.05) is 55.7 Å². The smallest absolute Gasteiger partial charge is 0.160 e. The lowest BCUT2D eigenvalue weighted by Crippen LogP contribution is -1.96. The van der Waals surface area contributed by atoms with Crippen LogP contribution in [0.3, 0.4) is 0 Å². The van der Waals surface area contributed by atoms with Crippen molar-refractivity contribution >= 4 is 27.3 Å². The largest absolute Gasteiger partial charge is 0.298 e. The van der Waals surface area contributed by atoms with Gasteiger partial charge in [0.1, 0.15) is 5.65 Å². The second-order valence-electron chi connectivity index (χ2n) is 13.1. The van der Waals surface area contributed by atoms with E-state index in [1.54, 1.807) is 0 Å². The fourth-order valence-corrected chi connectivity index (χ4v) is 7.29. The van der Waals surface area contributed by atoms with Crippen molar-refractivity contribution in [3.63, 3.8) is 0 Å². The Bertz CT molecular complexity index is 2850. The molecular weight excluding hydrogens is 647 g/mol. The molecular formula is C48H31N5. The number of fused-ring (bicyclic) bond motifs is 5. The molecule has 0 saturated heterocycles. The van der Waals surface area contributed by atoms with E-state index in [0.717, 1.165) is 89.2 Å². The maximum Gasteiger partial charge on any atom is 0.160 e. The van der Waals surface area contributed by atoms with Gasteiger partial charge in [0.15, 0.2) is 5.82 Å². The molecule has 53 heavy (non-hydrogen) atoms. The molecule has 0 aliphatic rings. The van der Waals surface area contributed by atoms with E-state index in [2.05, 4.69) is 138 Å². The summed E-state index contributed by atoms with van der Waals surface area (Å²) in [5, 5.41) is 3.23. The minimum atomic E-state index is 0.697. The number of imidazole rings is 1. The van der Waals surface area contributed by atoms with Gasteiger partial charge in [0.05, 0.1) is 34.0 Å². The third kappa shape index (κ3) is 5.43. The van der Waals surface area contributed by atoms with Crippen molar-refractivity contribution < 1.29 is 0 Å². The first-order chi connectivity index (χ1) is 26.3. The van der Waals surface area contributed by atoms with Crippen molar-refractivity contribution in [2.45, 2.75) is 0 Å². The highest BCUT2D eigenvalue weighted by Crippen LogP contribution is 2.40. The van der Waals surface area contributed by atoms with E-state index in [4.69, 9.17) is 19.9 Å². The zero-order valence-electron chi connectivity index (χ0n) is 28.6. The molecule has 5 heteroatoms. The van der Waals surface area contributed by atoms with Crippen molar-refractivity contribution in [1.29, 1.82) is 0 Å². The summed E-state index contributed by atoms with van der Waals surface area (Å²) >= 11 is 0. The third-order valence-corrected chi connectivity index (χ3v) is 9.83. The molecule has 0 radical (unpaired) electrons. The van der Waals surface area contributed by atoms with Crippen LogP contribution in [0.25, 0.3) is 95.0 Å². The normalized spacial score (nSPS) is 11.4. The van der Waals surface area contributed by atoms with Crippen molar-refractivity contribution in [1.82, 2.24) is 24.3 Å². The molecule has 0 spiro atoms. The number of aromatic nitrogens is 5. The van der Waals surface area contributed by atoms with Gasteiger partial charge in [-0.25, -0.2) is 19.9 Å². The third-order valence-electron chi connectivity index (χ3n) is 9.83. The van der Waals surface area contributed by atoms with Crippen LogP contribution in [0.5, 0.6) is 0 Å². The van der Waals surface area contributed by atoms with Gasteiger partial charge in [-0.15, -0.1) is 0 Å². The molecule has 4 heterocycles. The first-order valence-electron chi connectivity index (χ1n) is 17.7. The minimum Gasteiger partial charge on any atom is -0.298 e. The number of hydrogen-bond acceptors (Lipinski definition) is 4. The number of benzene rings is 6. The van der Waals surface area contributed by atoms with Gasteiger partial charge in [-0.2, -0.15) is 0 Å². The van der Waals surface area contributed by atoms with Gasteiger partial charge in [-0.3, -0.25) is 4.40 Å². The second kappa shape index (κ2) is 12.8. The van der Waals surface area contributed by atoms with Crippen molar-refractivity contribution in [2.75, 3.05) is 0 Å². The fraction of sp³-hybridized carbons (Fsp3) is 0. The standard InChI is InChI=1S/C48H31N5/c1-5-15-32(16-6-1)41-31-42(51-47(50-41)37-21-11-4-12-22-37)33-25-27-36(28-26-33)46-45(35-19-9-3-10-20-35)52-48-43-38-23-13-14-24-40(38)49-44(34-17-7-2-8-18-34)39(43)29-30-53(46)48/h1-31H. The Kier molecular flexibility index (Phi) is 7.40. The maximum absolute atomic E-state index is 5.46. The van der Waals surface area contributed by atoms with Crippen molar-refractivity contribution in [2.24, 2.45) is 0 Å². The Morgan fingerprint density at radius 3 is 1.51 bits per heavy atom. The van der Waals surface area contributed by atoms with E-state index >= 15 is 0 Å². The quantitative estimate of drug-likeness (QED) is 0.164. The van der Waals surface area contributed by atoms with Gasteiger partial charge in [0.2, 0.25) is 0 Å². The Morgan fingerprint density at radius 2 is 0.868 bits per heavy atom. The topological polar surface area (TPSA) is 56.0 Å². The summed E-state index contributed by atoms with van der Waals surface area (Å²) in [6.45, 7) is 0. The summed E-state index contributed by atoms with van der Waals surface area (Å²) in [7, 11) is 0. The SMILES string of the molecule is c1ccc(-c2cc(-c3ccc(-c4c(-c5ccccc5)nc5c6c(ccn45)c(-c4ccccc4)nc4ccccc46)cc3)nc(-c3ccccc3)n2)cc1. The highest BCUT2D eigenvalue weighted by molar-refractivity contribution is 6.17. The van der Waals surface area contributed by atoms with Crippen LogP contribution in [-0.2, 0) is 0 Å². The second-order valence-corrected chi connectivity index (χ2v) is 13.1. The summed E-state index contributed by atoms with van der Waals surface area (Å²) in [5.41, 5.74) is 12.7. The number of pyridine rings is 2. The first kappa shape index (κ1) is 30.6. The molecule has 0 saturated carbocycles. The van der Waals surface area contributed by atoms with Crippen LogP contribution in [0.15, 0.2) is 188 Å². The lowest BCUT2D eigenvalue weighted by Gasteiger charge is -2.12. The summed E-state index contributed by atoms with van der Waals surface area (Å²) in [6, 6.07) is 62.6. The molecule has 0 aliphatic carbocycles. The highest BCUT2D eigenvalue weighted by Gasteiger charge is 2.21. The molecule has 10 aromatic rings. The van der Waals surface area contributed by atoms with Gasteiger partial charge in [-0.1, -0.05) is 164 Å². The predicted octanol–water partition coefficient (Wildman–Crippen LogP) is 11.8. The number of para-hydroxylation sites is 1. The average molecular weight is 678 g/mol. The lowest BCUT2D eigenvalue weighted by atomic mass is 10.0. The molecule has 0 N–H and O–H groups in total. The summed E-state index contributed by atoms with van der Waals surface area (Å²) in [6.07, 6.45) is 2.14. The highest BCUT2D eigenvalue weighted by atomic mass is 15.0. The summed E-state index contributed by atoms with van der Waals surface area (Å²) in [4.78, 5) is 20.7. The molecule has 0 amide bonds. The van der Waals surface area contributed by atoms with Crippen LogP contribution in [0.1, 0.15) is 0 Å². The van der Waals surface area contributed by atoms with Crippen LogP contribution >= 0.6 is 0 Å². The van der Waals surface area contributed by atoms with Gasteiger partial charge in [-0.05, 0) is 18.2 Å². The zero-order chi connectivity index (χ0) is 35.1. The minimum absolute atomic E-state index is 0.697. The molecule has 0 unspecified atom stereocenters. The molecule has 0 fully saturated rings. The fourth-order valence-electron chi connectivity index (χ4n) is 7.29. The Morgan fingerprint density at radius 1 is 0.358 bits per heavy atom. The van der Waals surface area contributed by atoms with Crippen LogP contribution in [0.2, 0.25) is 0 Å². The Labute approximate surface area is 306 Å². The molecule has 0 bridgehead atoms. The van der Waals surface area contributed by atoms with Crippen molar-refractivity contribution in [3.05, 3.63) is 188 Å². The van der Waals surface area contributed by atoms with Gasteiger partial charge < -0.3 is 0 Å². The Hall–Kier alpha value is -7.24. The molecule has 248 valence electrons. The molecule has 10 rings (SSSR count). The molecule has 4 aromatic heterocycles. The molecule has 0 atom stereocenters. The van der Waals surface area contributed by atoms with E-state index in [9.17, 15) is 0 Å². The van der Waals surface area contributed by atoms with E-state index in [1.807, 2.05) is 54.6 Å². The van der Waals surface area contributed by atoms with E-state index in [0.29, 0.717) is 5.82 Å². The number of nitrogens with zero attached hydrogens (tertiary/aromatic N) is 5. The monoisotopic (exact) mass is 677 g/mol. The first-order valence-corrected chi connectivity index (χ1v) is 17.7. The van der Waals surface area contributed by atoms with Crippen LogP contribution < -0.4 is 0 Å². The molecule has 5 nitrogen and oxygen atoms in total. The summed E-state index contributed by atoms with van der Waals surface area (Å²) < 4.78 is 2.24. The van der Waals surface area contributed by atoms with E-state index in [-0.39, 0.29) is 0 Å².